The molecule has 0 aromatic carbocycles. The van der Waals surface area contributed by atoms with Gasteiger partial charge in [-0.2, -0.15) is 0 Å². The fourth-order valence-electron chi connectivity index (χ4n) is 1.89. The summed E-state index contributed by atoms with van der Waals surface area (Å²) in [6.07, 6.45) is 4.97. The van der Waals surface area contributed by atoms with Gasteiger partial charge in [0, 0.05) is 0 Å². The van der Waals surface area contributed by atoms with Crippen LogP contribution in [0.4, 0.5) is 0 Å². The molecule has 2 atom stereocenters. The number of carbonyl (C=O) groups is 1. The van der Waals surface area contributed by atoms with Gasteiger partial charge in [-0.15, -0.1) is 0 Å². The van der Waals surface area contributed by atoms with E-state index in [-0.39, 0.29) is 6.04 Å². The van der Waals surface area contributed by atoms with Crippen LogP contribution in [0, 0.1) is 5.92 Å². The lowest BCUT2D eigenvalue weighted by molar-refractivity contribution is -0.139. The largest absolute Gasteiger partial charge is 0.480 e. The second-order valence-corrected chi connectivity index (χ2v) is 3.74. The summed E-state index contributed by atoms with van der Waals surface area (Å²) in [6, 6.07) is 1.56. The predicted molar refractivity (Wildman–Crippen MR) is 49.9 cm³/mol. The third-order valence-corrected chi connectivity index (χ3v) is 2.62. The summed E-state index contributed by atoms with van der Waals surface area (Å²) in [7, 11) is 0. The van der Waals surface area contributed by atoms with Gasteiger partial charge in [0.15, 0.2) is 0 Å². The minimum atomic E-state index is -0.750. The fourth-order valence-corrected chi connectivity index (χ4v) is 1.89. The van der Waals surface area contributed by atoms with Crippen LogP contribution in [0.25, 0.3) is 0 Å². The normalized spacial score (nSPS) is 26.6. The van der Waals surface area contributed by atoms with Crippen molar-refractivity contribution in [3.05, 3.63) is 24.2 Å². The number of hydrogen-bond donors (Lipinski definition) is 2. The van der Waals surface area contributed by atoms with Gasteiger partial charge >= 0.3 is 5.97 Å². The number of carboxylic acid groups (broad SMARTS) is 1. The molecule has 1 saturated heterocycles. The molecule has 1 unspecified atom stereocenters. The van der Waals surface area contributed by atoms with E-state index in [0.29, 0.717) is 12.3 Å². The zero-order chi connectivity index (χ0) is 9.97. The third-order valence-electron chi connectivity index (χ3n) is 2.62. The summed E-state index contributed by atoms with van der Waals surface area (Å²) < 4.78 is 4.96. The smallest absolute Gasteiger partial charge is 0.320 e. The molecule has 14 heavy (non-hydrogen) atoms. The van der Waals surface area contributed by atoms with Gasteiger partial charge in [-0.1, -0.05) is 0 Å². The molecule has 2 rings (SSSR count). The van der Waals surface area contributed by atoms with E-state index < -0.39 is 5.97 Å². The second kappa shape index (κ2) is 3.84. The highest BCUT2D eigenvalue weighted by molar-refractivity contribution is 5.73. The van der Waals surface area contributed by atoms with Gasteiger partial charge in [-0.05, 0) is 36.9 Å². The molecule has 0 spiro atoms. The monoisotopic (exact) mass is 195 g/mol. The minimum Gasteiger partial charge on any atom is -0.480 e. The van der Waals surface area contributed by atoms with E-state index >= 15 is 0 Å². The van der Waals surface area contributed by atoms with Crippen LogP contribution in [0.15, 0.2) is 23.0 Å². The summed E-state index contributed by atoms with van der Waals surface area (Å²) in [5.74, 6) is -0.339. The Labute approximate surface area is 81.9 Å². The highest BCUT2D eigenvalue weighted by atomic mass is 16.4. The number of hydrogen-bond acceptors (Lipinski definition) is 3. The maximum absolute atomic E-state index is 10.7. The first-order chi connectivity index (χ1) is 6.75. The van der Waals surface area contributed by atoms with Crippen LogP contribution < -0.4 is 5.32 Å². The molecule has 1 fully saturated rings. The van der Waals surface area contributed by atoms with Crippen molar-refractivity contribution >= 4 is 5.97 Å². The Morgan fingerprint density at radius 1 is 1.71 bits per heavy atom. The fraction of sp³-hybridized carbons (Fsp3) is 0.500. The first-order valence-electron chi connectivity index (χ1n) is 4.73. The lowest BCUT2D eigenvalue weighted by atomic mass is 9.98. The molecular weight excluding hydrogens is 182 g/mol. The summed E-state index contributed by atoms with van der Waals surface area (Å²) in [4.78, 5) is 10.7. The molecule has 1 aliphatic heterocycles. The Bertz CT molecular complexity index is 307. The molecule has 1 aliphatic rings. The van der Waals surface area contributed by atoms with Gasteiger partial charge in [0.1, 0.15) is 6.04 Å². The van der Waals surface area contributed by atoms with E-state index in [0.717, 1.165) is 18.5 Å². The summed E-state index contributed by atoms with van der Waals surface area (Å²) in [6.45, 7) is 0.780. The third kappa shape index (κ3) is 1.96. The van der Waals surface area contributed by atoms with Crippen LogP contribution in [-0.2, 0) is 11.2 Å². The van der Waals surface area contributed by atoms with E-state index in [1.165, 1.54) is 0 Å². The highest BCUT2D eigenvalue weighted by Crippen LogP contribution is 2.19. The van der Waals surface area contributed by atoms with E-state index in [1.807, 2.05) is 6.07 Å². The number of furan rings is 1. The Hall–Kier alpha value is -1.29. The van der Waals surface area contributed by atoms with E-state index in [1.54, 1.807) is 12.5 Å². The summed E-state index contributed by atoms with van der Waals surface area (Å²) >= 11 is 0. The van der Waals surface area contributed by atoms with Gasteiger partial charge < -0.3 is 14.8 Å². The van der Waals surface area contributed by atoms with E-state index in [4.69, 9.17) is 9.52 Å². The van der Waals surface area contributed by atoms with Gasteiger partial charge in [-0.3, -0.25) is 4.79 Å². The van der Waals surface area contributed by atoms with Gasteiger partial charge in [0.2, 0.25) is 0 Å². The lowest BCUT2D eigenvalue weighted by Crippen LogP contribution is -2.29. The molecule has 0 amide bonds. The maximum atomic E-state index is 10.7. The molecule has 0 radical (unpaired) electrons. The van der Waals surface area contributed by atoms with Crippen LogP contribution in [-0.4, -0.2) is 23.7 Å². The van der Waals surface area contributed by atoms with E-state index in [2.05, 4.69) is 5.32 Å². The SMILES string of the molecule is O=C(O)[C@@H]1CC(Cc2ccoc2)CN1. The van der Waals surface area contributed by atoms with Crippen molar-refractivity contribution in [3.63, 3.8) is 0 Å². The molecule has 1 aromatic heterocycles. The average molecular weight is 195 g/mol. The standard InChI is InChI=1S/C10H13NO3/c12-10(13)9-4-8(5-11-9)3-7-1-2-14-6-7/h1-2,6,8-9,11H,3-5H2,(H,12,13)/t8?,9-/m0/s1. The van der Waals surface area contributed by atoms with Crippen LogP contribution in [0.2, 0.25) is 0 Å². The Morgan fingerprint density at radius 3 is 3.14 bits per heavy atom. The number of rotatable bonds is 3. The summed E-state index contributed by atoms with van der Waals surface area (Å²) in [5, 5.41) is 11.8. The van der Waals surface area contributed by atoms with E-state index in [9.17, 15) is 4.79 Å². The number of carboxylic acids is 1. The molecule has 1 aromatic rings. The van der Waals surface area contributed by atoms with Crippen molar-refractivity contribution < 1.29 is 14.3 Å². The lowest BCUT2D eigenvalue weighted by Gasteiger charge is -2.05. The maximum Gasteiger partial charge on any atom is 0.320 e. The Kier molecular flexibility index (Phi) is 2.54. The first kappa shape index (κ1) is 9.27. The predicted octanol–water partition coefficient (Wildman–Crippen LogP) is 0.885. The highest BCUT2D eigenvalue weighted by Gasteiger charge is 2.28. The minimum absolute atomic E-state index is 0.369. The second-order valence-electron chi connectivity index (χ2n) is 3.74. The van der Waals surface area contributed by atoms with Crippen LogP contribution in [0.1, 0.15) is 12.0 Å². The number of nitrogens with one attached hydrogen (secondary N) is 1. The summed E-state index contributed by atoms with van der Waals surface area (Å²) in [5.41, 5.74) is 1.14. The van der Waals surface area contributed by atoms with Gasteiger partial charge in [0.05, 0.1) is 12.5 Å². The molecule has 4 nitrogen and oxygen atoms in total. The first-order valence-corrected chi connectivity index (χ1v) is 4.73. The van der Waals surface area contributed by atoms with Crippen molar-refractivity contribution in [1.82, 2.24) is 5.32 Å². The van der Waals surface area contributed by atoms with Crippen LogP contribution >= 0.6 is 0 Å². The molecule has 0 bridgehead atoms. The van der Waals surface area contributed by atoms with Crippen molar-refractivity contribution in [2.75, 3.05) is 6.54 Å². The zero-order valence-electron chi connectivity index (χ0n) is 7.77. The zero-order valence-corrected chi connectivity index (χ0v) is 7.77. The molecule has 0 aliphatic carbocycles. The van der Waals surface area contributed by atoms with Crippen molar-refractivity contribution in [2.24, 2.45) is 5.92 Å². The van der Waals surface area contributed by atoms with Crippen LogP contribution in [0.5, 0.6) is 0 Å². The quantitative estimate of drug-likeness (QED) is 0.751. The molecule has 4 heteroatoms. The van der Waals surface area contributed by atoms with Crippen LogP contribution in [0.3, 0.4) is 0 Å². The molecule has 2 N–H and O–H groups in total. The molecule has 2 heterocycles. The molecular formula is C10H13NO3. The van der Waals surface area contributed by atoms with Gasteiger partial charge in [0.25, 0.3) is 0 Å². The van der Waals surface area contributed by atoms with Gasteiger partial charge in [-0.25, -0.2) is 0 Å². The number of aliphatic carboxylic acids is 1. The topological polar surface area (TPSA) is 62.5 Å². The molecule has 76 valence electrons. The molecule has 0 saturated carbocycles. The van der Waals surface area contributed by atoms with Crippen molar-refractivity contribution in [1.29, 1.82) is 0 Å². The van der Waals surface area contributed by atoms with Crippen molar-refractivity contribution in [3.8, 4) is 0 Å². The van der Waals surface area contributed by atoms with Crippen molar-refractivity contribution in [2.45, 2.75) is 18.9 Å². The Morgan fingerprint density at radius 2 is 2.57 bits per heavy atom. The Balaban J connectivity index is 1.87. The average Bonchev–Trinajstić information content (AvgIpc) is 2.75.